The molecule has 0 N–H and O–H groups in total. The van der Waals surface area contributed by atoms with Crippen LogP contribution in [0.5, 0.6) is 0 Å². The Labute approximate surface area is 85.9 Å². The molecule has 1 rings (SSSR count). The topological polar surface area (TPSA) is 0 Å². The molecule has 0 saturated heterocycles. The van der Waals surface area contributed by atoms with Crippen molar-refractivity contribution >= 4 is 46.9 Å². The number of rotatable bonds is 2. The van der Waals surface area contributed by atoms with Crippen LogP contribution in [0.2, 0.25) is 0 Å². The molecule has 0 radical (unpaired) electrons. The summed E-state index contributed by atoms with van der Waals surface area (Å²) in [5.41, 5.74) is 1.57. The zero-order valence-corrected chi connectivity index (χ0v) is 9.68. The van der Waals surface area contributed by atoms with E-state index in [-0.39, 0.29) is 0 Å². The molecule has 0 aliphatic heterocycles. The monoisotopic (exact) mass is 296 g/mol. The molecule has 0 fully saturated rings. The summed E-state index contributed by atoms with van der Waals surface area (Å²) in [5.74, 6) is 0. The van der Waals surface area contributed by atoms with Crippen LogP contribution in [-0.2, 0) is 0 Å². The molecule has 0 aliphatic carbocycles. The molecule has 0 heterocycles. The van der Waals surface area contributed by atoms with E-state index in [1.54, 1.807) is 5.54 Å². The van der Waals surface area contributed by atoms with Crippen LogP contribution in [0.1, 0.15) is 0 Å². The van der Waals surface area contributed by atoms with Gasteiger partial charge in [0.05, 0.1) is 0 Å². The Morgan fingerprint density at radius 3 is 2.45 bits per heavy atom. The van der Waals surface area contributed by atoms with Crippen molar-refractivity contribution in [1.29, 1.82) is 0 Å². The van der Waals surface area contributed by atoms with E-state index in [9.17, 15) is 0 Å². The molecule has 0 spiro atoms. The molecule has 0 nitrogen and oxygen atoms in total. The van der Waals surface area contributed by atoms with E-state index in [1.165, 1.54) is 4.46 Å². The second kappa shape index (κ2) is 5.00. The molecule has 1 aromatic rings. The minimum absolute atomic E-state index is 0.377. The van der Waals surface area contributed by atoms with Gasteiger partial charge in [0.25, 0.3) is 0 Å². The number of hydrogen-bond donors (Lipinski definition) is 0. The Kier molecular flexibility index (Phi) is 4.24. The molecular weight excluding hydrogens is 290 g/mol. The van der Waals surface area contributed by atoms with Crippen LogP contribution in [0.25, 0.3) is 0 Å². The SMILES string of the molecule is Cl/C=C/[Se]c1ccc(Br)cc1. The van der Waals surface area contributed by atoms with E-state index in [2.05, 4.69) is 28.1 Å². The van der Waals surface area contributed by atoms with Gasteiger partial charge in [0, 0.05) is 0 Å². The molecule has 11 heavy (non-hydrogen) atoms. The van der Waals surface area contributed by atoms with Crippen molar-refractivity contribution < 1.29 is 0 Å². The van der Waals surface area contributed by atoms with E-state index in [4.69, 9.17) is 11.6 Å². The van der Waals surface area contributed by atoms with Crippen LogP contribution in [0.3, 0.4) is 0 Å². The predicted molar refractivity (Wildman–Crippen MR) is 54.5 cm³/mol. The molecular formula is C8H6BrClSe. The van der Waals surface area contributed by atoms with Crippen LogP contribution in [0.4, 0.5) is 0 Å². The third-order valence-electron chi connectivity index (χ3n) is 1.07. The first-order valence-corrected chi connectivity index (χ1v) is 6.08. The number of hydrogen-bond acceptors (Lipinski definition) is 0. The summed E-state index contributed by atoms with van der Waals surface area (Å²) in [6.07, 6.45) is 0. The van der Waals surface area contributed by atoms with Gasteiger partial charge in [-0.2, -0.15) is 0 Å². The summed E-state index contributed by atoms with van der Waals surface area (Å²) >= 11 is 9.16. The van der Waals surface area contributed by atoms with E-state index < -0.39 is 0 Å². The van der Waals surface area contributed by atoms with Gasteiger partial charge in [0.15, 0.2) is 0 Å². The fourth-order valence-corrected chi connectivity index (χ4v) is 2.20. The summed E-state index contributed by atoms with van der Waals surface area (Å²) in [7, 11) is 0. The average molecular weight is 296 g/mol. The van der Waals surface area contributed by atoms with Crippen molar-refractivity contribution in [3.63, 3.8) is 0 Å². The van der Waals surface area contributed by atoms with Crippen molar-refractivity contribution in [3.8, 4) is 0 Å². The second-order valence-corrected chi connectivity index (χ2v) is 5.06. The van der Waals surface area contributed by atoms with E-state index >= 15 is 0 Å². The predicted octanol–water partition coefficient (Wildman–Crippen LogP) is 2.49. The molecule has 0 atom stereocenters. The van der Waals surface area contributed by atoms with Gasteiger partial charge >= 0.3 is 86.2 Å². The van der Waals surface area contributed by atoms with Gasteiger partial charge in [0.1, 0.15) is 0 Å². The molecule has 0 unspecified atom stereocenters. The first-order chi connectivity index (χ1) is 5.33. The molecule has 0 saturated carbocycles. The summed E-state index contributed by atoms with van der Waals surface area (Å²) in [4.78, 5) is 1.98. The Morgan fingerprint density at radius 1 is 1.27 bits per heavy atom. The van der Waals surface area contributed by atoms with E-state index in [0.717, 1.165) is 4.47 Å². The quantitative estimate of drug-likeness (QED) is 0.736. The first kappa shape index (κ1) is 9.34. The van der Waals surface area contributed by atoms with Crippen molar-refractivity contribution in [2.45, 2.75) is 0 Å². The van der Waals surface area contributed by atoms with E-state index in [0.29, 0.717) is 15.0 Å². The second-order valence-electron chi connectivity index (χ2n) is 1.83. The maximum absolute atomic E-state index is 5.41. The van der Waals surface area contributed by atoms with Crippen molar-refractivity contribution in [3.05, 3.63) is 39.2 Å². The first-order valence-electron chi connectivity index (χ1n) is 3.00. The fourth-order valence-electron chi connectivity index (χ4n) is 0.617. The summed E-state index contributed by atoms with van der Waals surface area (Å²) in [6, 6.07) is 8.28. The molecule has 3 heteroatoms. The third-order valence-corrected chi connectivity index (χ3v) is 3.78. The zero-order valence-electron chi connectivity index (χ0n) is 5.63. The molecule has 0 amide bonds. The van der Waals surface area contributed by atoms with Crippen LogP contribution < -0.4 is 4.46 Å². The van der Waals surface area contributed by atoms with Gasteiger partial charge < -0.3 is 0 Å². The Morgan fingerprint density at radius 2 is 1.91 bits per heavy atom. The fraction of sp³-hybridized carbons (Fsp3) is 0. The van der Waals surface area contributed by atoms with Gasteiger partial charge in [-0.25, -0.2) is 0 Å². The normalized spacial score (nSPS) is 10.7. The van der Waals surface area contributed by atoms with Crippen molar-refractivity contribution in [1.82, 2.24) is 0 Å². The summed E-state index contributed by atoms with van der Waals surface area (Å²) in [6.45, 7) is 0. The Balaban J connectivity index is 2.66. The van der Waals surface area contributed by atoms with Crippen molar-refractivity contribution in [2.75, 3.05) is 0 Å². The molecule has 58 valence electrons. The Bertz CT molecular complexity index is 243. The van der Waals surface area contributed by atoms with Gasteiger partial charge in [0.2, 0.25) is 0 Å². The minimum atomic E-state index is 0.377. The Hall–Kier alpha value is 0.249. The van der Waals surface area contributed by atoms with E-state index in [1.807, 2.05) is 17.1 Å². The van der Waals surface area contributed by atoms with Crippen molar-refractivity contribution in [2.24, 2.45) is 0 Å². The van der Waals surface area contributed by atoms with Crippen LogP contribution >= 0.6 is 27.5 Å². The average Bonchev–Trinajstić information content (AvgIpc) is 2.04. The third kappa shape index (κ3) is 3.44. The molecule has 0 aromatic heterocycles. The van der Waals surface area contributed by atoms with Gasteiger partial charge in [-0.15, -0.1) is 0 Å². The summed E-state index contributed by atoms with van der Waals surface area (Å²) in [5, 5.41) is 0. The molecule has 0 bridgehead atoms. The van der Waals surface area contributed by atoms with Gasteiger partial charge in [-0.05, 0) is 0 Å². The van der Waals surface area contributed by atoms with Crippen LogP contribution in [0.15, 0.2) is 39.2 Å². The summed E-state index contributed by atoms with van der Waals surface area (Å²) < 4.78 is 2.45. The van der Waals surface area contributed by atoms with Gasteiger partial charge in [-0.1, -0.05) is 0 Å². The van der Waals surface area contributed by atoms with Crippen LogP contribution in [-0.4, -0.2) is 15.0 Å². The standard InChI is InChI=1S/C8H6BrClSe/c9-7-1-3-8(4-2-7)11-6-5-10/h1-6H/b6-5+. The number of benzene rings is 1. The zero-order chi connectivity index (χ0) is 8.10. The molecule has 0 aliphatic rings. The maximum atomic E-state index is 5.41. The van der Waals surface area contributed by atoms with Gasteiger partial charge in [-0.3, -0.25) is 0 Å². The number of halogens is 2. The van der Waals surface area contributed by atoms with Crippen LogP contribution in [0, 0.1) is 0 Å². The molecule has 1 aromatic carbocycles.